The zero-order valence-electron chi connectivity index (χ0n) is 40.6. The Labute approximate surface area is 374 Å². The molecule has 0 spiro atoms. The third kappa shape index (κ3) is 32.1. The molecule has 0 aliphatic heterocycles. The molecule has 0 saturated carbocycles. The molecule has 0 saturated heterocycles. The second-order valence-electron chi connectivity index (χ2n) is 17.5. The van der Waals surface area contributed by atoms with Crippen molar-refractivity contribution in [1.29, 1.82) is 0 Å². The van der Waals surface area contributed by atoms with Crippen LogP contribution in [0.3, 0.4) is 0 Å². The molecule has 0 aliphatic rings. The summed E-state index contributed by atoms with van der Waals surface area (Å²) in [6.45, 7) is 22.5. The van der Waals surface area contributed by atoms with Gasteiger partial charge < -0.3 is 14.8 Å². The van der Waals surface area contributed by atoms with Gasteiger partial charge in [0.05, 0.1) is 13.5 Å². The second kappa shape index (κ2) is 34.2. The quantitative estimate of drug-likeness (QED) is 0.0598. The molecule has 1 N–H and O–H groups in total. The molecule has 1 amide bonds. The first-order chi connectivity index (χ1) is 29.2. The maximum atomic E-state index is 12.2. The van der Waals surface area contributed by atoms with Crippen molar-refractivity contribution in [3.8, 4) is 5.75 Å². The minimum Gasteiger partial charge on any atom is -0.497 e. The first-order valence-electron chi connectivity index (χ1n) is 23.1. The van der Waals surface area contributed by atoms with E-state index in [0.29, 0.717) is 5.69 Å². The van der Waals surface area contributed by atoms with E-state index in [0.717, 1.165) is 95.6 Å². The minimum atomic E-state index is -0.372. The van der Waals surface area contributed by atoms with Gasteiger partial charge in [0.25, 0.3) is 0 Å². The van der Waals surface area contributed by atoms with E-state index in [4.69, 9.17) is 9.47 Å². The van der Waals surface area contributed by atoms with Crippen LogP contribution < -0.4 is 10.1 Å². The number of methoxy groups -OCH3 is 1. The molecule has 1 rings (SSSR count). The molecule has 5 nitrogen and oxygen atoms in total. The van der Waals surface area contributed by atoms with Crippen LogP contribution in [0.15, 0.2) is 129 Å². The van der Waals surface area contributed by atoms with E-state index in [1.165, 1.54) is 63.0 Å². The Morgan fingerprint density at radius 1 is 0.426 bits per heavy atom. The number of hydrogen-bond acceptors (Lipinski definition) is 4. The van der Waals surface area contributed by atoms with Crippen molar-refractivity contribution in [2.75, 3.05) is 19.0 Å². The van der Waals surface area contributed by atoms with Crippen molar-refractivity contribution < 1.29 is 19.1 Å². The Bertz CT molecular complexity index is 1720. The number of benzene rings is 1. The van der Waals surface area contributed by atoms with Gasteiger partial charge in [-0.05, 0) is 202 Å². The smallest absolute Gasteiger partial charge is 0.306 e. The lowest BCUT2D eigenvalue weighted by Gasteiger charge is -2.06. The molecule has 0 fully saturated rings. The van der Waals surface area contributed by atoms with Crippen molar-refractivity contribution in [2.24, 2.45) is 0 Å². The molecule has 0 radical (unpaired) electrons. The van der Waals surface area contributed by atoms with Crippen LogP contribution in [0.2, 0.25) is 0 Å². The van der Waals surface area contributed by atoms with Gasteiger partial charge in [-0.1, -0.05) is 98.8 Å². The van der Waals surface area contributed by atoms with Gasteiger partial charge in [0, 0.05) is 12.1 Å². The number of amides is 1. The topological polar surface area (TPSA) is 64.6 Å². The summed E-state index contributed by atoms with van der Waals surface area (Å²) in [6.07, 6.45) is 39.2. The molecular weight excluding hydrogens is 751 g/mol. The number of carbonyl (C=O) groups is 2. The molecule has 0 aromatic heterocycles. The number of allylic oxidation sites excluding steroid dienone is 17. The molecule has 1 aromatic rings. The first-order valence-corrected chi connectivity index (χ1v) is 23.1. The maximum absolute atomic E-state index is 12.2. The highest BCUT2D eigenvalue weighted by molar-refractivity contribution is 5.92. The van der Waals surface area contributed by atoms with Gasteiger partial charge in [0.15, 0.2) is 0 Å². The predicted molar refractivity (Wildman–Crippen MR) is 265 cm³/mol. The van der Waals surface area contributed by atoms with Crippen LogP contribution in [0.4, 0.5) is 5.69 Å². The zero-order chi connectivity index (χ0) is 45.3. The number of hydrogen-bond donors (Lipinski definition) is 1. The molecule has 61 heavy (non-hydrogen) atoms. The Kier molecular flexibility index (Phi) is 30.7. The molecule has 338 valence electrons. The minimum absolute atomic E-state index is 0.0490. The molecule has 0 aliphatic carbocycles. The molecule has 0 unspecified atom stereocenters. The number of nitrogens with one attached hydrogen (secondary N) is 1. The predicted octanol–water partition coefficient (Wildman–Crippen LogP) is 16.7. The Hall–Kier alpha value is -4.38. The van der Waals surface area contributed by atoms with E-state index < -0.39 is 0 Å². The molecule has 0 heterocycles. The second-order valence-corrected chi connectivity index (χ2v) is 17.5. The highest BCUT2D eigenvalue weighted by atomic mass is 16.5. The monoisotopic (exact) mass is 836 g/mol. The molecule has 1 aromatic carbocycles. The molecule has 0 bridgehead atoms. The van der Waals surface area contributed by atoms with Gasteiger partial charge in [-0.15, -0.1) is 0 Å². The number of esters is 1. The van der Waals surface area contributed by atoms with Gasteiger partial charge in [-0.25, -0.2) is 0 Å². The summed E-state index contributed by atoms with van der Waals surface area (Å²) in [5.74, 6) is 0.122. The number of rotatable bonds is 31. The lowest BCUT2D eigenvalue weighted by atomic mass is 10.0. The van der Waals surface area contributed by atoms with E-state index in [1.807, 2.05) is 6.08 Å². The van der Waals surface area contributed by atoms with Crippen LogP contribution in [0, 0.1) is 0 Å². The fourth-order valence-electron chi connectivity index (χ4n) is 6.69. The summed E-state index contributed by atoms with van der Waals surface area (Å²) in [5, 5.41) is 2.78. The fourth-order valence-corrected chi connectivity index (χ4v) is 6.69. The van der Waals surface area contributed by atoms with Crippen molar-refractivity contribution >= 4 is 17.6 Å². The van der Waals surface area contributed by atoms with Crippen LogP contribution in [-0.2, 0) is 14.3 Å². The zero-order valence-corrected chi connectivity index (χ0v) is 40.6. The molecule has 5 heteroatoms. The largest absolute Gasteiger partial charge is 0.497 e. The van der Waals surface area contributed by atoms with Crippen LogP contribution >= 0.6 is 0 Å². The summed E-state index contributed by atoms with van der Waals surface area (Å²) in [6, 6.07) is 7.07. The fraction of sp³-hybridized carbons (Fsp3) is 0.536. The summed E-state index contributed by atoms with van der Waals surface area (Å²) in [4.78, 5) is 24.3. The van der Waals surface area contributed by atoms with Gasteiger partial charge in [0.2, 0.25) is 5.91 Å². The third-order valence-corrected chi connectivity index (χ3v) is 10.9. The van der Waals surface area contributed by atoms with E-state index in [1.54, 1.807) is 31.4 Å². The van der Waals surface area contributed by atoms with E-state index in [9.17, 15) is 9.59 Å². The maximum Gasteiger partial charge on any atom is 0.306 e. The molecular formula is C56H85NO4. The van der Waals surface area contributed by atoms with Gasteiger partial charge in [-0.3, -0.25) is 9.59 Å². The average Bonchev–Trinajstić information content (AvgIpc) is 3.20. The van der Waals surface area contributed by atoms with Crippen molar-refractivity contribution in [3.63, 3.8) is 0 Å². The van der Waals surface area contributed by atoms with Gasteiger partial charge >= 0.3 is 5.97 Å². The summed E-state index contributed by atoms with van der Waals surface area (Å²) in [7, 11) is 1.59. The SMILES string of the molecule is COc1ccc(NC(=O)CCC(=O)OC/C=C(\C)CC/C=C(\C)CC/C=C(\C)CC/C=C(\C)CC/C=C(\C)CC/C=C(\C)CC/C=C(\C)CC/C=C(\C)CCC=C(C)C)cc1. The Balaban J connectivity index is 2.21. The van der Waals surface area contributed by atoms with Crippen molar-refractivity contribution in [2.45, 2.75) is 185 Å². The highest BCUT2D eigenvalue weighted by Gasteiger charge is 2.08. The van der Waals surface area contributed by atoms with E-state index in [2.05, 4.69) is 123 Å². The third-order valence-electron chi connectivity index (χ3n) is 10.9. The van der Waals surface area contributed by atoms with Crippen LogP contribution in [0.5, 0.6) is 5.75 Å². The lowest BCUT2D eigenvalue weighted by Crippen LogP contribution is -2.14. The van der Waals surface area contributed by atoms with Crippen molar-refractivity contribution in [1.82, 2.24) is 0 Å². The van der Waals surface area contributed by atoms with Crippen molar-refractivity contribution in [3.05, 3.63) is 129 Å². The van der Waals surface area contributed by atoms with Gasteiger partial charge in [0.1, 0.15) is 12.4 Å². The molecule has 0 atom stereocenters. The lowest BCUT2D eigenvalue weighted by molar-refractivity contribution is -0.143. The van der Waals surface area contributed by atoms with E-state index >= 15 is 0 Å². The van der Waals surface area contributed by atoms with Crippen LogP contribution in [0.1, 0.15) is 185 Å². The Morgan fingerprint density at radius 3 is 1.05 bits per heavy atom. The first kappa shape index (κ1) is 54.6. The number of anilines is 1. The highest BCUT2D eigenvalue weighted by Crippen LogP contribution is 2.19. The summed E-state index contributed by atoms with van der Waals surface area (Å²) in [5.41, 5.74) is 13.7. The van der Waals surface area contributed by atoms with Crippen LogP contribution in [-0.4, -0.2) is 25.6 Å². The summed E-state index contributed by atoms with van der Waals surface area (Å²) >= 11 is 0. The number of ether oxygens (including phenoxy) is 2. The standard InChI is InChI=1S/C56H85NO4/c1-44(2)20-12-21-45(3)22-13-23-46(4)24-14-25-47(5)26-15-27-48(6)28-16-29-49(7)30-17-31-50(8)32-18-33-51(9)34-19-35-52(10)42-43-61-56(59)41-40-55(58)57-53-36-38-54(60-11)39-37-53/h20,22,24,26,28,30,32,34,36-39,42H,12-19,21,23,25,27,29,31,33,35,40-41,43H2,1-11H3,(H,57,58)/b45-22+,46-24+,47-26+,48-28+,49-30+,50-32+,51-34+,52-42+. The van der Waals surface area contributed by atoms with E-state index in [-0.39, 0.29) is 31.3 Å². The number of carbonyl (C=O) groups excluding carboxylic acids is 2. The summed E-state index contributed by atoms with van der Waals surface area (Å²) < 4.78 is 10.4. The van der Waals surface area contributed by atoms with Gasteiger partial charge in [-0.2, -0.15) is 0 Å². The van der Waals surface area contributed by atoms with Crippen LogP contribution in [0.25, 0.3) is 0 Å². The normalized spacial score (nSPS) is 13.7. The Morgan fingerprint density at radius 2 is 0.738 bits per heavy atom. The average molecular weight is 836 g/mol.